The van der Waals surface area contributed by atoms with Crippen molar-refractivity contribution in [3.63, 3.8) is 0 Å². The molecule has 3 nitrogen and oxygen atoms in total. The van der Waals surface area contributed by atoms with Crippen LogP contribution in [0.1, 0.15) is 5.69 Å². The van der Waals surface area contributed by atoms with Crippen molar-refractivity contribution in [1.29, 1.82) is 0 Å². The summed E-state index contributed by atoms with van der Waals surface area (Å²) in [6, 6.07) is 1.96. The topological polar surface area (TPSA) is 51.8 Å². The minimum Gasteiger partial charge on any atom is -0.330 e. The molecule has 1 aromatic rings. The maximum atomic E-state index is 5.35. The standard InChI is InChI=1S/C7H11N3S.BrH/c1-6-4-7(10-5-9-6)11-3-2-8;/h4-5H,2-3,8H2,1H3;1H. The Labute approximate surface area is 86.9 Å². The van der Waals surface area contributed by atoms with Gasteiger partial charge in [0, 0.05) is 18.0 Å². The largest absolute Gasteiger partial charge is 0.330 e. The van der Waals surface area contributed by atoms with E-state index in [9.17, 15) is 0 Å². The molecule has 0 bridgehead atoms. The maximum Gasteiger partial charge on any atom is 0.116 e. The van der Waals surface area contributed by atoms with Gasteiger partial charge in [-0.1, -0.05) is 0 Å². The molecule has 5 heteroatoms. The van der Waals surface area contributed by atoms with Crippen LogP contribution in [0.3, 0.4) is 0 Å². The van der Waals surface area contributed by atoms with Crippen LogP contribution < -0.4 is 5.73 Å². The van der Waals surface area contributed by atoms with E-state index in [1.165, 1.54) is 0 Å². The Morgan fingerprint density at radius 1 is 1.50 bits per heavy atom. The molecule has 12 heavy (non-hydrogen) atoms. The zero-order valence-corrected chi connectivity index (χ0v) is 9.39. The normalized spacial score (nSPS) is 9.17. The number of halogens is 1. The van der Waals surface area contributed by atoms with Crippen LogP contribution in [0.4, 0.5) is 0 Å². The van der Waals surface area contributed by atoms with E-state index in [0.29, 0.717) is 6.54 Å². The predicted molar refractivity (Wildman–Crippen MR) is 56.9 cm³/mol. The van der Waals surface area contributed by atoms with Gasteiger partial charge in [-0.05, 0) is 13.0 Å². The molecular formula is C7H12BrN3S. The first-order valence-electron chi connectivity index (χ1n) is 3.44. The van der Waals surface area contributed by atoms with Gasteiger partial charge in [-0.15, -0.1) is 28.7 Å². The lowest BCUT2D eigenvalue weighted by atomic mass is 10.5. The maximum absolute atomic E-state index is 5.35. The Hall–Kier alpha value is -0.130. The first kappa shape index (κ1) is 11.9. The average molecular weight is 250 g/mol. The number of nitrogens with two attached hydrogens (primary N) is 1. The minimum absolute atomic E-state index is 0. The lowest BCUT2D eigenvalue weighted by Gasteiger charge is -1.97. The van der Waals surface area contributed by atoms with Gasteiger partial charge in [0.15, 0.2) is 0 Å². The number of hydrogen-bond acceptors (Lipinski definition) is 4. The highest BCUT2D eigenvalue weighted by Gasteiger charge is 1.93. The first-order chi connectivity index (χ1) is 5.33. The third-order valence-electron chi connectivity index (χ3n) is 1.15. The smallest absolute Gasteiger partial charge is 0.116 e. The van der Waals surface area contributed by atoms with Crippen LogP contribution in [0.25, 0.3) is 0 Å². The molecule has 0 amide bonds. The van der Waals surface area contributed by atoms with Gasteiger partial charge in [0.1, 0.15) is 6.33 Å². The summed E-state index contributed by atoms with van der Waals surface area (Å²) in [7, 11) is 0. The molecule has 1 heterocycles. The fraction of sp³-hybridized carbons (Fsp3) is 0.429. The second-order valence-electron chi connectivity index (χ2n) is 2.13. The zero-order chi connectivity index (χ0) is 8.10. The molecule has 0 aliphatic rings. The van der Waals surface area contributed by atoms with Crippen LogP contribution in [0.15, 0.2) is 17.4 Å². The van der Waals surface area contributed by atoms with E-state index in [0.717, 1.165) is 16.5 Å². The molecule has 0 fully saturated rings. The highest BCUT2D eigenvalue weighted by atomic mass is 79.9. The summed E-state index contributed by atoms with van der Waals surface area (Å²) >= 11 is 1.66. The van der Waals surface area contributed by atoms with Crippen LogP contribution in [-0.4, -0.2) is 22.3 Å². The van der Waals surface area contributed by atoms with Gasteiger partial charge in [0.25, 0.3) is 0 Å². The van der Waals surface area contributed by atoms with Crippen LogP contribution in [0.5, 0.6) is 0 Å². The second-order valence-corrected chi connectivity index (χ2v) is 3.25. The molecule has 1 aromatic heterocycles. The molecule has 2 N–H and O–H groups in total. The fourth-order valence-corrected chi connectivity index (χ4v) is 1.38. The van der Waals surface area contributed by atoms with Crippen LogP contribution in [0, 0.1) is 6.92 Å². The Morgan fingerprint density at radius 3 is 2.83 bits per heavy atom. The van der Waals surface area contributed by atoms with Crippen molar-refractivity contribution in [1.82, 2.24) is 9.97 Å². The molecule has 0 saturated carbocycles. The van der Waals surface area contributed by atoms with Crippen molar-refractivity contribution < 1.29 is 0 Å². The van der Waals surface area contributed by atoms with E-state index < -0.39 is 0 Å². The van der Waals surface area contributed by atoms with Gasteiger partial charge < -0.3 is 5.73 Å². The highest BCUT2D eigenvalue weighted by Crippen LogP contribution is 2.13. The van der Waals surface area contributed by atoms with Gasteiger partial charge in [-0.2, -0.15) is 0 Å². The molecule has 0 aliphatic heterocycles. The molecule has 0 atom stereocenters. The van der Waals surface area contributed by atoms with Crippen LogP contribution in [0.2, 0.25) is 0 Å². The second kappa shape index (κ2) is 6.39. The Morgan fingerprint density at radius 2 is 2.25 bits per heavy atom. The van der Waals surface area contributed by atoms with Gasteiger partial charge in [-0.3, -0.25) is 0 Å². The molecule has 0 radical (unpaired) electrons. The van der Waals surface area contributed by atoms with Crippen molar-refractivity contribution in [3.8, 4) is 0 Å². The molecule has 68 valence electrons. The van der Waals surface area contributed by atoms with Crippen molar-refractivity contribution in [2.75, 3.05) is 12.3 Å². The van der Waals surface area contributed by atoms with Crippen molar-refractivity contribution >= 4 is 28.7 Å². The summed E-state index contributed by atoms with van der Waals surface area (Å²) in [6.07, 6.45) is 1.58. The number of aromatic nitrogens is 2. The summed E-state index contributed by atoms with van der Waals surface area (Å²) in [4.78, 5) is 8.07. The highest BCUT2D eigenvalue weighted by molar-refractivity contribution is 8.93. The van der Waals surface area contributed by atoms with Gasteiger partial charge in [0.2, 0.25) is 0 Å². The van der Waals surface area contributed by atoms with E-state index in [-0.39, 0.29) is 17.0 Å². The van der Waals surface area contributed by atoms with E-state index in [1.807, 2.05) is 13.0 Å². The third-order valence-corrected chi connectivity index (χ3v) is 2.11. The van der Waals surface area contributed by atoms with Crippen molar-refractivity contribution in [2.45, 2.75) is 11.9 Å². The number of aryl methyl sites for hydroxylation is 1. The number of nitrogens with zero attached hydrogens (tertiary/aromatic N) is 2. The molecule has 0 unspecified atom stereocenters. The van der Waals surface area contributed by atoms with Crippen LogP contribution in [-0.2, 0) is 0 Å². The Kier molecular flexibility index (Phi) is 6.32. The molecule has 0 aliphatic carbocycles. The number of hydrogen-bond donors (Lipinski definition) is 1. The van der Waals surface area contributed by atoms with Crippen molar-refractivity contribution in [2.24, 2.45) is 5.73 Å². The predicted octanol–water partition coefficient (Wildman–Crippen LogP) is 1.41. The summed E-state index contributed by atoms with van der Waals surface area (Å²) in [5.74, 6) is 0.913. The summed E-state index contributed by atoms with van der Waals surface area (Å²) in [5, 5.41) is 1.00. The molecular weight excluding hydrogens is 238 g/mol. The SMILES string of the molecule is Br.Cc1cc(SCCN)ncn1. The monoisotopic (exact) mass is 249 g/mol. The van der Waals surface area contributed by atoms with E-state index in [4.69, 9.17) is 5.73 Å². The lowest BCUT2D eigenvalue weighted by Crippen LogP contribution is -2.01. The van der Waals surface area contributed by atoms with Gasteiger partial charge in [-0.25, -0.2) is 9.97 Å². The summed E-state index contributed by atoms with van der Waals surface area (Å²) in [5.41, 5.74) is 6.35. The molecule has 1 rings (SSSR count). The number of thioether (sulfide) groups is 1. The molecule has 0 aromatic carbocycles. The lowest BCUT2D eigenvalue weighted by molar-refractivity contribution is 1.00. The van der Waals surface area contributed by atoms with Crippen molar-refractivity contribution in [3.05, 3.63) is 18.1 Å². The quantitative estimate of drug-likeness (QED) is 0.651. The zero-order valence-electron chi connectivity index (χ0n) is 6.86. The van der Waals surface area contributed by atoms with Gasteiger partial charge in [0.05, 0.1) is 5.03 Å². The Bertz CT molecular complexity index is 232. The van der Waals surface area contributed by atoms with E-state index >= 15 is 0 Å². The molecule has 0 spiro atoms. The average Bonchev–Trinajstić information content (AvgIpc) is 2.01. The molecule has 0 saturated heterocycles. The minimum atomic E-state index is 0. The first-order valence-corrected chi connectivity index (χ1v) is 4.43. The van der Waals surface area contributed by atoms with E-state index in [2.05, 4.69) is 9.97 Å². The third kappa shape index (κ3) is 4.04. The number of rotatable bonds is 3. The van der Waals surface area contributed by atoms with E-state index in [1.54, 1.807) is 18.1 Å². The summed E-state index contributed by atoms with van der Waals surface area (Å²) in [6.45, 7) is 2.64. The Balaban J connectivity index is 0.00000121. The summed E-state index contributed by atoms with van der Waals surface area (Å²) < 4.78 is 0. The van der Waals surface area contributed by atoms with Crippen LogP contribution >= 0.6 is 28.7 Å². The van der Waals surface area contributed by atoms with Gasteiger partial charge >= 0.3 is 0 Å². The fourth-order valence-electron chi connectivity index (χ4n) is 0.672.